The van der Waals surface area contributed by atoms with E-state index in [9.17, 15) is 37.5 Å². The Hall–Kier alpha value is -4.36. The van der Waals surface area contributed by atoms with Gasteiger partial charge in [-0.2, -0.15) is 13.2 Å². The molecule has 0 spiro atoms. The number of fused-ring (bicyclic) bond motifs is 2. The zero-order valence-corrected chi connectivity index (χ0v) is 23.9. The van der Waals surface area contributed by atoms with E-state index in [1.165, 1.54) is 16.7 Å². The maximum absolute atomic E-state index is 13.9. The molecule has 8 nitrogen and oxygen atoms in total. The Morgan fingerprint density at radius 1 is 0.977 bits per heavy atom. The summed E-state index contributed by atoms with van der Waals surface area (Å²) < 4.78 is 41.6. The summed E-state index contributed by atoms with van der Waals surface area (Å²) >= 11 is 1.73. The zero-order chi connectivity index (χ0) is 30.6. The maximum Gasteiger partial charge on any atom is 0.416 e. The fraction of sp³-hybridized carbons (Fsp3) is 0.200. The smallest absolute Gasteiger partial charge is 0.416 e. The van der Waals surface area contributed by atoms with E-state index in [2.05, 4.69) is 5.32 Å². The average Bonchev–Trinajstić information content (AvgIpc) is 3.40. The number of imide groups is 1. The third kappa shape index (κ3) is 5.12. The van der Waals surface area contributed by atoms with Crippen molar-refractivity contribution in [3.05, 3.63) is 104 Å². The van der Waals surface area contributed by atoms with Crippen molar-refractivity contribution >= 4 is 52.2 Å². The van der Waals surface area contributed by atoms with Gasteiger partial charge in [0.15, 0.2) is 0 Å². The Morgan fingerprint density at radius 3 is 2.40 bits per heavy atom. The number of aryl methyl sites for hydroxylation is 1. The van der Waals surface area contributed by atoms with Gasteiger partial charge in [0.1, 0.15) is 17.5 Å². The number of hydrogen-bond acceptors (Lipinski definition) is 7. The highest BCUT2D eigenvalue weighted by Gasteiger charge is 2.57. The summed E-state index contributed by atoms with van der Waals surface area (Å²) in [5, 5.41) is 12.7. The molecule has 3 amide bonds. The van der Waals surface area contributed by atoms with Crippen LogP contribution in [0.1, 0.15) is 27.5 Å². The highest BCUT2D eigenvalue weighted by molar-refractivity contribution is 8.00. The number of aromatic nitrogens is 1. The number of thiazole rings is 1. The molecule has 43 heavy (non-hydrogen) atoms. The number of carbonyl (C=O) groups excluding carboxylic acids is 3. The molecule has 3 atom stereocenters. The third-order valence-electron chi connectivity index (χ3n) is 7.39. The van der Waals surface area contributed by atoms with Gasteiger partial charge in [0.2, 0.25) is 17.7 Å². The summed E-state index contributed by atoms with van der Waals surface area (Å²) in [5.41, 5.74) is 0.564. The molecule has 0 aliphatic carbocycles. The van der Waals surface area contributed by atoms with Gasteiger partial charge in [-0.3, -0.25) is 23.7 Å². The monoisotopic (exact) mass is 625 g/mol. The number of aromatic hydroxyl groups is 1. The number of amides is 3. The summed E-state index contributed by atoms with van der Waals surface area (Å²) in [7, 11) is 0. The first-order chi connectivity index (χ1) is 20.4. The molecule has 1 saturated heterocycles. The first kappa shape index (κ1) is 28.7. The SMILES string of the molecule is Cc1ccc(NC(=O)Cn2c3c(sc2=O)C(c2ccccc2O)C2C(=O)N(c4cccc(C(F)(F)F)c4)C(=O)C2S3)cc1. The average molecular weight is 626 g/mol. The van der Waals surface area contributed by atoms with Crippen molar-refractivity contribution in [1.29, 1.82) is 0 Å². The van der Waals surface area contributed by atoms with Crippen LogP contribution < -0.4 is 15.1 Å². The molecule has 0 bridgehead atoms. The van der Waals surface area contributed by atoms with Gasteiger partial charge in [0.05, 0.1) is 22.2 Å². The fourth-order valence-electron chi connectivity index (χ4n) is 5.40. The number of carbonyl (C=O) groups is 3. The van der Waals surface area contributed by atoms with E-state index >= 15 is 0 Å². The number of nitrogens with zero attached hydrogens (tertiary/aromatic N) is 2. The number of phenolic OH excluding ortho intramolecular Hbond substituents is 1. The van der Waals surface area contributed by atoms with E-state index in [1.807, 2.05) is 19.1 Å². The summed E-state index contributed by atoms with van der Waals surface area (Å²) in [5.74, 6) is -4.25. The molecule has 6 rings (SSSR count). The largest absolute Gasteiger partial charge is 0.508 e. The number of anilines is 2. The molecule has 1 aromatic heterocycles. The quantitative estimate of drug-likeness (QED) is 0.289. The lowest BCUT2D eigenvalue weighted by atomic mass is 9.82. The van der Waals surface area contributed by atoms with Gasteiger partial charge < -0.3 is 10.4 Å². The molecule has 2 aliphatic rings. The summed E-state index contributed by atoms with van der Waals surface area (Å²) in [6, 6.07) is 17.2. The first-order valence-electron chi connectivity index (χ1n) is 13.0. The number of hydrogen-bond donors (Lipinski definition) is 2. The van der Waals surface area contributed by atoms with Crippen molar-refractivity contribution in [2.45, 2.75) is 35.8 Å². The summed E-state index contributed by atoms with van der Waals surface area (Å²) in [6.07, 6.45) is -4.69. The van der Waals surface area contributed by atoms with E-state index in [0.29, 0.717) is 10.6 Å². The van der Waals surface area contributed by atoms with E-state index in [-0.39, 0.29) is 28.6 Å². The van der Waals surface area contributed by atoms with Crippen LogP contribution in [-0.2, 0) is 27.1 Å². The molecule has 4 aromatic rings. The van der Waals surface area contributed by atoms with Crippen molar-refractivity contribution in [3.8, 4) is 5.75 Å². The van der Waals surface area contributed by atoms with Gasteiger partial charge >= 0.3 is 11.0 Å². The molecule has 0 radical (unpaired) electrons. The van der Waals surface area contributed by atoms with Gasteiger partial charge in [-0.25, -0.2) is 4.90 Å². The zero-order valence-electron chi connectivity index (χ0n) is 22.3. The molecule has 3 aromatic carbocycles. The molecular formula is C30H22F3N3O5S2. The van der Waals surface area contributed by atoms with E-state index in [1.54, 1.807) is 30.3 Å². The Labute approximate surface area is 250 Å². The van der Waals surface area contributed by atoms with Crippen LogP contribution in [0, 0.1) is 12.8 Å². The standard InChI is InChI=1S/C30H22F3N3O5S2/c1-15-9-11-17(12-10-15)34-21(38)14-35-28-25(43-29(35)41)22(19-7-2-3-8-20(19)37)23-24(42-28)27(40)36(26(23)39)18-6-4-5-16(13-18)30(31,32)33/h2-13,22-24,37H,14H2,1H3,(H,34,38). The number of para-hydroxylation sites is 1. The van der Waals surface area contributed by atoms with Crippen LogP contribution in [-0.4, -0.2) is 32.6 Å². The van der Waals surface area contributed by atoms with Crippen molar-refractivity contribution in [3.63, 3.8) is 0 Å². The molecule has 2 aliphatic heterocycles. The number of thioether (sulfide) groups is 1. The molecule has 1 fully saturated rings. The number of rotatable bonds is 5. The van der Waals surface area contributed by atoms with Crippen molar-refractivity contribution in [2.24, 2.45) is 5.92 Å². The number of halogens is 3. The fourth-order valence-corrected chi connectivity index (χ4v) is 8.16. The highest BCUT2D eigenvalue weighted by atomic mass is 32.2. The van der Waals surface area contributed by atoms with Crippen LogP contribution in [0.3, 0.4) is 0 Å². The predicted octanol–water partition coefficient (Wildman–Crippen LogP) is 5.38. The number of phenols is 1. The molecule has 3 heterocycles. The van der Waals surface area contributed by atoms with Gasteiger partial charge in [-0.1, -0.05) is 65.1 Å². The van der Waals surface area contributed by atoms with Crippen molar-refractivity contribution < 1.29 is 32.7 Å². The summed E-state index contributed by atoms with van der Waals surface area (Å²) in [6.45, 7) is 1.52. The number of benzene rings is 3. The molecular weight excluding hydrogens is 603 g/mol. The molecule has 3 unspecified atom stereocenters. The predicted molar refractivity (Wildman–Crippen MR) is 155 cm³/mol. The number of nitrogens with one attached hydrogen (secondary N) is 1. The second kappa shape index (κ2) is 10.7. The van der Waals surface area contributed by atoms with Gasteiger partial charge in [-0.15, -0.1) is 0 Å². The van der Waals surface area contributed by atoms with Crippen LogP contribution in [0.4, 0.5) is 24.5 Å². The molecule has 2 N–H and O–H groups in total. The normalized spacial score (nSPS) is 19.7. The number of alkyl halides is 3. The Balaban J connectivity index is 1.42. The van der Waals surface area contributed by atoms with E-state index < -0.39 is 51.4 Å². The van der Waals surface area contributed by atoms with Crippen LogP contribution in [0.2, 0.25) is 0 Å². The minimum Gasteiger partial charge on any atom is -0.508 e. The molecule has 13 heteroatoms. The molecule has 0 saturated carbocycles. The highest BCUT2D eigenvalue weighted by Crippen LogP contribution is 2.55. The maximum atomic E-state index is 13.9. The van der Waals surface area contributed by atoms with Crippen LogP contribution in [0.25, 0.3) is 0 Å². The third-order valence-corrected chi connectivity index (χ3v) is 9.99. The van der Waals surface area contributed by atoms with Crippen LogP contribution >= 0.6 is 23.1 Å². The lowest BCUT2D eigenvalue weighted by Crippen LogP contribution is -2.33. The van der Waals surface area contributed by atoms with Crippen molar-refractivity contribution in [1.82, 2.24) is 4.57 Å². The topological polar surface area (TPSA) is 109 Å². The lowest BCUT2D eigenvalue weighted by Gasteiger charge is -2.31. The first-order valence-corrected chi connectivity index (χ1v) is 14.7. The Bertz CT molecular complexity index is 1830. The Morgan fingerprint density at radius 2 is 1.70 bits per heavy atom. The second-order valence-electron chi connectivity index (χ2n) is 10.2. The van der Waals surface area contributed by atoms with E-state index in [4.69, 9.17) is 0 Å². The van der Waals surface area contributed by atoms with Crippen LogP contribution in [0.15, 0.2) is 82.6 Å². The van der Waals surface area contributed by atoms with Crippen LogP contribution in [0.5, 0.6) is 5.75 Å². The van der Waals surface area contributed by atoms with Crippen molar-refractivity contribution in [2.75, 3.05) is 10.2 Å². The summed E-state index contributed by atoms with van der Waals surface area (Å²) in [4.78, 5) is 54.5. The minimum atomic E-state index is -4.69. The minimum absolute atomic E-state index is 0.175. The van der Waals surface area contributed by atoms with Gasteiger partial charge in [0.25, 0.3) is 0 Å². The lowest BCUT2D eigenvalue weighted by molar-refractivity contribution is -0.137. The second-order valence-corrected chi connectivity index (χ2v) is 12.3. The molecule has 220 valence electrons. The Kier molecular flexibility index (Phi) is 7.17. The van der Waals surface area contributed by atoms with E-state index in [0.717, 1.165) is 51.8 Å². The van der Waals surface area contributed by atoms with Gasteiger partial charge in [0, 0.05) is 22.0 Å². The van der Waals surface area contributed by atoms with Gasteiger partial charge in [-0.05, 0) is 43.3 Å².